The molecule has 5 heterocycles. The highest BCUT2D eigenvalue weighted by Gasteiger charge is 2.30. The maximum Gasteiger partial charge on any atom is 0.100 e. The number of hydrogen-bond acceptors (Lipinski definition) is 2. The average Bonchev–Trinajstić information content (AvgIpc) is 1.13. The SMILES string of the molecule is Cc1ccc2c(c1)c1ccccc1n2-c1ccc(-c2c(C#N)c(-c3cc(C)nc(C)c3)c(-c3ccc(-n4c5ccccc5c5cc(C)ccc54)cc3)c(-c3ccc(-n4c5ccccc5c5cc(C)ccc54)cc3)c2-c2ccc(-n3c4ccccc4c4ccccc43)cc2)cc1. The Bertz CT molecular complexity index is 6170. The predicted molar refractivity (Wildman–Crippen MR) is 397 cm³/mol. The van der Waals surface area contributed by atoms with Crippen LogP contribution >= 0.6 is 0 Å². The first-order valence-electron chi connectivity index (χ1n) is 32.6. The number of aryl methyl sites for hydroxylation is 5. The van der Waals surface area contributed by atoms with Gasteiger partial charge in [0.25, 0.3) is 0 Å². The predicted octanol–water partition coefficient (Wildman–Crippen LogP) is 23.2. The van der Waals surface area contributed by atoms with Gasteiger partial charge in [0.15, 0.2) is 0 Å². The topological polar surface area (TPSA) is 56.4 Å². The molecule has 448 valence electrons. The Morgan fingerprint density at radius 2 is 0.484 bits per heavy atom. The zero-order valence-corrected chi connectivity index (χ0v) is 53.3. The fourth-order valence-corrected chi connectivity index (χ4v) is 15.7. The number of rotatable bonds is 9. The van der Waals surface area contributed by atoms with Gasteiger partial charge < -0.3 is 18.3 Å². The summed E-state index contributed by atoms with van der Waals surface area (Å²) >= 11 is 0. The summed E-state index contributed by atoms with van der Waals surface area (Å²) in [5.74, 6) is 0. The smallest absolute Gasteiger partial charge is 0.100 e. The van der Waals surface area contributed by atoms with Crippen molar-refractivity contribution >= 4 is 87.2 Å². The molecule has 6 heteroatoms. The first-order valence-corrected chi connectivity index (χ1v) is 32.6. The monoisotopic (exact) mass is 1210 g/mol. The van der Waals surface area contributed by atoms with Crippen LogP contribution in [-0.4, -0.2) is 23.3 Å². The third kappa shape index (κ3) is 8.74. The molecule has 13 aromatic carbocycles. The Morgan fingerprint density at radius 3 is 0.779 bits per heavy atom. The van der Waals surface area contributed by atoms with E-state index in [-0.39, 0.29) is 0 Å². The minimum Gasteiger partial charge on any atom is -0.309 e. The minimum absolute atomic E-state index is 0.578. The van der Waals surface area contributed by atoms with Crippen molar-refractivity contribution in [1.82, 2.24) is 23.3 Å². The van der Waals surface area contributed by atoms with E-state index in [0.717, 1.165) is 134 Å². The van der Waals surface area contributed by atoms with Crippen LogP contribution in [0.5, 0.6) is 0 Å². The molecular weight excluding hydrogens is 1150 g/mol. The summed E-state index contributed by atoms with van der Waals surface area (Å²) in [6.07, 6.45) is 0. The first kappa shape index (κ1) is 55.5. The summed E-state index contributed by atoms with van der Waals surface area (Å²) < 4.78 is 9.54. The number of benzene rings is 13. The van der Waals surface area contributed by atoms with Crippen LogP contribution in [-0.2, 0) is 0 Å². The lowest BCUT2D eigenvalue weighted by atomic mass is 9.75. The lowest BCUT2D eigenvalue weighted by Gasteiger charge is -2.27. The zero-order chi connectivity index (χ0) is 63.7. The van der Waals surface area contributed by atoms with Gasteiger partial charge in [0, 0.05) is 88.4 Å². The Kier molecular flexibility index (Phi) is 12.7. The molecule has 0 saturated carbocycles. The highest BCUT2D eigenvalue weighted by molar-refractivity contribution is 6.15. The molecule has 18 rings (SSSR count). The molecule has 0 atom stereocenters. The second-order valence-corrected chi connectivity index (χ2v) is 25.7. The molecule has 95 heavy (non-hydrogen) atoms. The van der Waals surface area contributed by atoms with Gasteiger partial charge in [-0.15, -0.1) is 0 Å². The number of fused-ring (bicyclic) bond motifs is 12. The highest BCUT2D eigenvalue weighted by Crippen LogP contribution is 2.54. The molecule has 18 aromatic rings. The Balaban J connectivity index is 0.949. The van der Waals surface area contributed by atoms with E-state index in [1.165, 1.54) is 59.8 Å². The minimum atomic E-state index is 0.578. The normalized spacial score (nSPS) is 11.8. The van der Waals surface area contributed by atoms with Gasteiger partial charge in [-0.3, -0.25) is 4.98 Å². The average molecular weight is 1220 g/mol. The standard InChI is InChI=1S/C89H62N6/c1-54-26-45-82-73(48-54)70-18-8-13-23-79(70)93(82)65-37-29-59(30-38-65)85-76(53-90)86(63-51-57(4)91-58(5)52-63)88(61-33-41-66(42-34-61)94-80-24-14-9-19-71(80)74-49-55(2)27-46-83(74)94)89(62-35-43-67(44-36-62)95-81-25-15-10-20-72(81)75-50-56(3)28-47-84(75)95)87(85)60-31-39-64(40-32-60)92-77-21-11-6-16-68(77)69-17-7-12-22-78(69)92/h6-52H,1-5H3. The molecule has 0 N–H and O–H groups in total. The van der Waals surface area contributed by atoms with Crippen molar-refractivity contribution in [3.05, 3.63) is 319 Å². The van der Waals surface area contributed by atoms with E-state index in [9.17, 15) is 5.26 Å². The summed E-state index contributed by atoms with van der Waals surface area (Å²) in [7, 11) is 0. The number of para-hydroxylation sites is 5. The van der Waals surface area contributed by atoms with Gasteiger partial charge in [-0.05, 0) is 207 Å². The molecule has 0 unspecified atom stereocenters. The van der Waals surface area contributed by atoms with Gasteiger partial charge in [0.05, 0.1) is 49.7 Å². The van der Waals surface area contributed by atoms with Gasteiger partial charge >= 0.3 is 0 Å². The highest BCUT2D eigenvalue weighted by atomic mass is 15.0. The van der Waals surface area contributed by atoms with Gasteiger partial charge in [-0.25, -0.2) is 0 Å². The molecule has 0 aliphatic heterocycles. The number of nitrogens with zero attached hydrogens (tertiary/aromatic N) is 6. The second kappa shape index (κ2) is 21.7. The molecule has 0 fully saturated rings. The Morgan fingerprint density at radius 1 is 0.242 bits per heavy atom. The summed E-state index contributed by atoms with van der Waals surface area (Å²) in [6.45, 7) is 10.6. The van der Waals surface area contributed by atoms with E-state index in [2.05, 4.69) is 344 Å². The summed E-state index contributed by atoms with van der Waals surface area (Å²) in [5, 5.41) is 22.2. The van der Waals surface area contributed by atoms with E-state index in [1.807, 2.05) is 0 Å². The van der Waals surface area contributed by atoms with Gasteiger partial charge in [-0.1, -0.05) is 174 Å². The second-order valence-electron chi connectivity index (χ2n) is 25.7. The van der Waals surface area contributed by atoms with Gasteiger partial charge in [0.1, 0.15) is 6.07 Å². The summed E-state index contributed by atoms with van der Waals surface area (Å²) in [6, 6.07) is 107. The largest absolute Gasteiger partial charge is 0.309 e. The molecule has 0 spiro atoms. The Labute approximate surface area is 550 Å². The molecular formula is C89H62N6. The fraction of sp³-hybridized carbons (Fsp3) is 0.0562. The molecule has 0 saturated heterocycles. The van der Waals surface area contributed by atoms with Crippen LogP contribution in [0.4, 0.5) is 0 Å². The van der Waals surface area contributed by atoms with E-state index in [0.29, 0.717) is 5.56 Å². The summed E-state index contributed by atoms with van der Waals surface area (Å²) in [5.41, 5.74) is 28.7. The van der Waals surface area contributed by atoms with Crippen molar-refractivity contribution in [3.63, 3.8) is 0 Å². The lowest BCUT2D eigenvalue weighted by Crippen LogP contribution is -2.04. The zero-order valence-electron chi connectivity index (χ0n) is 53.3. The number of nitriles is 1. The van der Waals surface area contributed by atoms with Gasteiger partial charge in [0.2, 0.25) is 0 Å². The maximum absolute atomic E-state index is 12.5. The lowest BCUT2D eigenvalue weighted by molar-refractivity contribution is 1.12. The number of aromatic nitrogens is 5. The molecule has 6 nitrogen and oxygen atoms in total. The van der Waals surface area contributed by atoms with Crippen molar-refractivity contribution in [2.75, 3.05) is 0 Å². The fourth-order valence-electron chi connectivity index (χ4n) is 15.7. The van der Waals surface area contributed by atoms with E-state index < -0.39 is 0 Å². The third-order valence-electron chi connectivity index (χ3n) is 19.7. The number of pyridine rings is 1. The molecule has 0 aliphatic rings. The van der Waals surface area contributed by atoms with Crippen molar-refractivity contribution in [1.29, 1.82) is 5.26 Å². The number of hydrogen-bond donors (Lipinski definition) is 0. The van der Waals surface area contributed by atoms with Crippen LogP contribution in [0.3, 0.4) is 0 Å². The van der Waals surface area contributed by atoms with Crippen molar-refractivity contribution in [2.45, 2.75) is 34.6 Å². The van der Waals surface area contributed by atoms with Crippen LogP contribution in [0, 0.1) is 45.9 Å². The third-order valence-corrected chi connectivity index (χ3v) is 19.7. The molecule has 0 amide bonds. The van der Waals surface area contributed by atoms with Crippen LogP contribution < -0.4 is 0 Å². The molecule has 0 radical (unpaired) electrons. The van der Waals surface area contributed by atoms with E-state index in [1.54, 1.807) is 0 Å². The summed E-state index contributed by atoms with van der Waals surface area (Å²) in [4.78, 5) is 4.98. The van der Waals surface area contributed by atoms with Crippen molar-refractivity contribution in [2.24, 2.45) is 0 Å². The van der Waals surface area contributed by atoms with Crippen LogP contribution in [0.25, 0.3) is 166 Å². The van der Waals surface area contributed by atoms with Crippen molar-refractivity contribution in [3.8, 4) is 84.5 Å². The van der Waals surface area contributed by atoms with Crippen molar-refractivity contribution < 1.29 is 0 Å². The van der Waals surface area contributed by atoms with Crippen LogP contribution in [0.1, 0.15) is 33.6 Å². The quantitative estimate of drug-likeness (QED) is 0.145. The Hall–Kier alpha value is -12.3. The molecule has 0 aliphatic carbocycles. The molecule has 5 aromatic heterocycles. The van der Waals surface area contributed by atoms with Gasteiger partial charge in [-0.2, -0.15) is 5.26 Å². The maximum atomic E-state index is 12.5. The first-order chi connectivity index (χ1) is 46.6. The van der Waals surface area contributed by atoms with Crippen LogP contribution in [0.2, 0.25) is 0 Å². The van der Waals surface area contributed by atoms with E-state index in [4.69, 9.17) is 4.98 Å². The molecule has 0 bridgehead atoms. The van der Waals surface area contributed by atoms with Crippen LogP contribution in [0.15, 0.2) is 285 Å². The van der Waals surface area contributed by atoms with E-state index >= 15 is 0 Å².